The Labute approximate surface area is 225 Å². The van der Waals surface area contributed by atoms with Crippen molar-refractivity contribution in [1.82, 2.24) is 20.3 Å². The lowest BCUT2D eigenvalue weighted by Crippen LogP contribution is -2.47. The SMILES string of the molecule is COc1cccc(C(C(=O)NC2CCCC2)N(C(=O)Cn2nnc3ccccc32)c2ccc3c(c2)OCO3)c1. The largest absolute Gasteiger partial charge is 0.497 e. The highest BCUT2D eigenvalue weighted by Gasteiger charge is 2.35. The standard InChI is InChI=1S/C29H29N5O5/c1-37-22-10-6-7-19(15-22)28(29(36)30-20-8-2-3-9-20)34(21-13-14-25-26(16-21)39-18-38-25)27(35)17-33-24-12-5-4-11-23(24)31-32-33/h4-7,10-16,20,28H,2-3,8-9,17-18H2,1H3,(H,30,36). The summed E-state index contributed by atoms with van der Waals surface area (Å²) in [6.45, 7) is -0.0225. The third-order valence-corrected chi connectivity index (χ3v) is 7.23. The van der Waals surface area contributed by atoms with Crippen molar-refractivity contribution >= 4 is 28.5 Å². The molecule has 1 aliphatic heterocycles. The highest BCUT2D eigenvalue weighted by atomic mass is 16.7. The fraction of sp³-hybridized carbons (Fsp3) is 0.310. The molecule has 1 saturated carbocycles. The summed E-state index contributed by atoms with van der Waals surface area (Å²) in [6, 6.07) is 19.0. The number of hydrogen-bond donors (Lipinski definition) is 1. The summed E-state index contributed by atoms with van der Waals surface area (Å²) in [5.74, 6) is 1.09. The maximum Gasteiger partial charge on any atom is 0.249 e. The van der Waals surface area contributed by atoms with Crippen molar-refractivity contribution in [2.24, 2.45) is 0 Å². The molecule has 6 rings (SSSR count). The van der Waals surface area contributed by atoms with Crippen LogP contribution < -0.4 is 24.4 Å². The molecule has 10 heteroatoms. The van der Waals surface area contributed by atoms with Crippen LogP contribution in [0.5, 0.6) is 17.2 Å². The summed E-state index contributed by atoms with van der Waals surface area (Å²) in [6.07, 6.45) is 3.97. The summed E-state index contributed by atoms with van der Waals surface area (Å²) in [7, 11) is 1.57. The Kier molecular flexibility index (Phi) is 6.75. The molecule has 1 atom stereocenters. The number of ether oxygens (including phenoxy) is 3. The second-order valence-electron chi connectivity index (χ2n) is 9.71. The second kappa shape index (κ2) is 10.6. The van der Waals surface area contributed by atoms with E-state index in [4.69, 9.17) is 14.2 Å². The first kappa shape index (κ1) is 24.7. The normalized spacial score (nSPS) is 15.3. The van der Waals surface area contributed by atoms with Gasteiger partial charge >= 0.3 is 0 Å². The third-order valence-electron chi connectivity index (χ3n) is 7.23. The summed E-state index contributed by atoms with van der Waals surface area (Å²) < 4.78 is 18.1. The van der Waals surface area contributed by atoms with Crippen molar-refractivity contribution in [3.05, 3.63) is 72.3 Å². The number of aromatic nitrogens is 3. The fourth-order valence-electron chi connectivity index (χ4n) is 5.29. The quantitative estimate of drug-likeness (QED) is 0.369. The molecule has 1 unspecified atom stereocenters. The minimum Gasteiger partial charge on any atom is -0.497 e. The van der Waals surface area contributed by atoms with E-state index in [9.17, 15) is 9.59 Å². The van der Waals surface area contributed by atoms with Crippen molar-refractivity contribution < 1.29 is 23.8 Å². The summed E-state index contributed by atoms with van der Waals surface area (Å²) in [5, 5.41) is 11.6. The minimum absolute atomic E-state index is 0.0681. The smallest absolute Gasteiger partial charge is 0.249 e. The van der Waals surface area contributed by atoms with Gasteiger partial charge in [0.25, 0.3) is 0 Å². The van der Waals surface area contributed by atoms with E-state index in [1.807, 2.05) is 42.5 Å². The van der Waals surface area contributed by atoms with Gasteiger partial charge in [-0.3, -0.25) is 14.5 Å². The molecule has 200 valence electrons. The number of hydrogen-bond acceptors (Lipinski definition) is 7. The lowest BCUT2D eigenvalue weighted by Gasteiger charge is -2.32. The molecule has 2 aliphatic rings. The van der Waals surface area contributed by atoms with Crippen LogP contribution in [-0.2, 0) is 16.1 Å². The van der Waals surface area contributed by atoms with Gasteiger partial charge in [-0.25, -0.2) is 4.68 Å². The zero-order valence-electron chi connectivity index (χ0n) is 21.6. The Balaban J connectivity index is 1.44. The van der Waals surface area contributed by atoms with Crippen LogP contribution in [0.4, 0.5) is 5.69 Å². The molecule has 3 aromatic carbocycles. The maximum absolute atomic E-state index is 14.2. The number of carbonyl (C=O) groups excluding carboxylic acids is 2. The number of rotatable bonds is 8. The number of nitrogens with zero attached hydrogens (tertiary/aromatic N) is 4. The van der Waals surface area contributed by atoms with Crippen LogP contribution in [0.1, 0.15) is 37.3 Å². The van der Waals surface area contributed by atoms with Crippen molar-refractivity contribution in [2.75, 3.05) is 18.8 Å². The maximum atomic E-state index is 14.2. The fourth-order valence-corrected chi connectivity index (χ4v) is 5.29. The number of nitrogens with one attached hydrogen (secondary N) is 1. The number of para-hydroxylation sites is 1. The van der Waals surface area contributed by atoms with Crippen LogP contribution >= 0.6 is 0 Å². The van der Waals surface area contributed by atoms with Crippen LogP contribution in [0.15, 0.2) is 66.7 Å². The van der Waals surface area contributed by atoms with E-state index in [0.29, 0.717) is 34.0 Å². The lowest BCUT2D eigenvalue weighted by molar-refractivity contribution is -0.127. The number of carbonyl (C=O) groups is 2. The Bertz CT molecular complexity index is 1510. The van der Waals surface area contributed by atoms with Gasteiger partial charge in [0.05, 0.1) is 12.6 Å². The van der Waals surface area contributed by atoms with E-state index in [-0.39, 0.29) is 31.2 Å². The lowest BCUT2D eigenvalue weighted by atomic mass is 10.0. The van der Waals surface area contributed by atoms with Gasteiger partial charge in [-0.15, -0.1) is 5.10 Å². The van der Waals surface area contributed by atoms with Gasteiger partial charge < -0.3 is 19.5 Å². The summed E-state index contributed by atoms with van der Waals surface area (Å²) in [5.41, 5.74) is 2.54. The van der Waals surface area contributed by atoms with Crippen LogP contribution in [-0.4, -0.2) is 46.8 Å². The van der Waals surface area contributed by atoms with E-state index in [0.717, 1.165) is 31.2 Å². The van der Waals surface area contributed by atoms with E-state index in [1.54, 1.807) is 36.1 Å². The zero-order valence-corrected chi connectivity index (χ0v) is 21.6. The Morgan fingerprint density at radius 1 is 1.05 bits per heavy atom. The Hall–Kier alpha value is -4.60. The van der Waals surface area contributed by atoms with E-state index in [1.165, 1.54) is 4.90 Å². The monoisotopic (exact) mass is 527 g/mol. The second-order valence-corrected chi connectivity index (χ2v) is 9.71. The van der Waals surface area contributed by atoms with Crippen LogP contribution in [0.3, 0.4) is 0 Å². The van der Waals surface area contributed by atoms with Crippen molar-refractivity contribution in [3.8, 4) is 17.2 Å². The van der Waals surface area contributed by atoms with Crippen LogP contribution in [0, 0.1) is 0 Å². The first-order chi connectivity index (χ1) is 19.1. The summed E-state index contributed by atoms with van der Waals surface area (Å²) >= 11 is 0. The molecule has 0 bridgehead atoms. The average Bonchev–Trinajstić information content (AvgIpc) is 3.73. The average molecular weight is 528 g/mol. The highest BCUT2D eigenvalue weighted by molar-refractivity contribution is 6.02. The number of amides is 2. The molecule has 0 spiro atoms. The number of methoxy groups -OCH3 is 1. The molecule has 1 N–H and O–H groups in total. The van der Waals surface area contributed by atoms with E-state index >= 15 is 0 Å². The minimum atomic E-state index is -0.969. The molecule has 39 heavy (non-hydrogen) atoms. The highest BCUT2D eigenvalue weighted by Crippen LogP contribution is 2.39. The summed E-state index contributed by atoms with van der Waals surface area (Å²) in [4.78, 5) is 29.8. The van der Waals surface area contributed by atoms with Gasteiger partial charge in [-0.2, -0.15) is 0 Å². The van der Waals surface area contributed by atoms with Crippen LogP contribution in [0.25, 0.3) is 11.0 Å². The van der Waals surface area contributed by atoms with E-state index in [2.05, 4.69) is 15.6 Å². The number of fused-ring (bicyclic) bond motifs is 2. The molecule has 4 aromatic rings. The predicted octanol–water partition coefficient (Wildman–Crippen LogP) is 4.00. The van der Waals surface area contributed by atoms with Crippen molar-refractivity contribution in [1.29, 1.82) is 0 Å². The van der Waals surface area contributed by atoms with E-state index < -0.39 is 6.04 Å². The van der Waals surface area contributed by atoms with Gasteiger partial charge in [0.15, 0.2) is 11.5 Å². The van der Waals surface area contributed by atoms with Gasteiger partial charge in [-0.1, -0.05) is 42.3 Å². The Morgan fingerprint density at radius 2 is 1.87 bits per heavy atom. The molecule has 10 nitrogen and oxygen atoms in total. The Morgan fingerprint density at radius 3 is 2.72 bits per heavy atom. The van der Waals surface area contributed by atoms with Crippen LogP contribution in [0.2, 0.25) is 0 Å². The molecular weight excluding hydrogens is 498 g/mol. The van der Waals surface area contributed by atoms with Gasteiger partial charge in [0.2, 0.25) is 18.6 Å². The van der Waals surface area contributed by atoms with Crippen molar-refractivity contribution in [2.45, 2.75) is 44.3 Å². The zero-order chi connectivity index (χ0) is 26.8. The predicted molar refractivity (Wildman–Crippen MR) is 144 cm³/mol. The molecule has 2 amide bonds. The van der Waals surface area contributed by atoms with Gasteiger partial charge in [0, 0.05) is 17.8 Å². The van der Waals surface area contributed by atoms with Crippen molar-refractivity contribution in [3.63, 3.8) is 0 Å². The number of benzene rings is 3. The molecule has 0 radical (unpaired) electrons. The first-order valence-electron chi connectivity index (χ1n) is 13.0. The third kappa shape index (κ3) is 4.97. The molecule has 1 fully saturated rings. The van der Waals surface area contributed by atoms with Gasteiger partial charge in [-0.05, 0) is 54.8 Å². The number of anilines is 1. The molecule has 1 aromatic heterocycles. The molecule has 0 saturated heterocycles. The first-order valence-corrected chi connectivity index (χ1v) is 13.0. The molecular formula is C29H29N5O5. The molecule has 1 aliphatic carbocycles. The topological polar surface area (TPSA) is 108 Å². The molecule has 2 heterocycles. The van der Waals surface area contributed by atoms with Gasteiger partial charge in [0.1, 0.15) is 23.9 Å².